The van der Waals surface area contributed by atoms with Gasteiger partial charge in [-0.3, -0.25) is 0 Å². The number of nitrogens with one attached hydrogen (secondary N) is 2. The van der Waals surface area contributed by atoms with Crippen LogP contribution in [-0.4, -0.2) is 23.6 Å². The predicted octanol–water partition coefficient (Wildman–Crippen LogP) is 1.83. The molecule has 0 fully saturated rings. The largest absolute Gasteiger partial charge is 0.357 e. The molecule has 0 unspecified atom stereocenters. The number of hydrogen-bond acceptors (Lipinski definition) is 1. The first-order valence-electron chi connectivity index (χ1n) is 5.58. The Morgan fingerprint density at radius 3 is 2.82 bits per heavy atom. The second-order valence-corrected chi connectivity index (χ2v) is 4.29. The molecule has 0 aliphatic heterocycles. The van der Waals surface area contributed by atoms with Crippen LogP contribution in [0.4, 0.5) is 0 Å². The third-order valence-corrected chi connectivity index (χ3v) is 2.24. The zero-order chi connectivity index (χ0) is 12.7. The molecule has 0 aliphatic carbocycles. The van der Waals surface area contributed by atoms with Gasteiger partial charge in [-0.25, -0.2) is 4.99 Å². The molecule has 0 saturated carbocycles. The number of aliphatic imine (C=N–C) groups is 1. The first-order chi connectivity index (χ1) is 8.11. The van der Waals surface area contributed by atoms with Crippen molar-refractivity contribution in [2.24, 2.45) is 12.0 Å². The number of halogens is 1. The Labute approximate surface area is 107 Å². The number of nitrogens with zero attached hydrogens (tertiary/aromatic N) is 2. The van der Waals surface area contributed by atoms with Gasteiger partial charge in [0.2, 0.25) is 0 Å². The zero-order valence-corrected chi connectivity index (χ0v) is 11.1. The van der Waals surface area contributed by atoms with Gasteiger partial charge in [-0.2, -0.15) is 0 Å². The quantitative estimate of drug-likeness (QED) is 0.622. The van der Waals surface area contributed by atoms with E-state index in [4.69, 9.17) is 11.6 Å². The van der Waals surface area contributed by atoms with Crippen molar-refractivity contribution in [2.45, 2.75) is 13.5 Å². The Balaban J connectivity index is 2.53. The van der Waals surface area contributed by atoms with Crippen molar-refractivity contribution in [1.82, 2.24) is 15.2 Å². The van der Waals surface area contributed by atoms with Crippen molar-refractivity contribution in [1.29, 1.82) is 0 Å². The van der Waals surface area contributed by atoms with Crippen LogP contribution in [0.25, 0.3) is 0 Å². The van der Waals surface area contributed by atoms with Gasteiger partial charge in [0.1, 0.15) is 0 Å². The fourth-order valence-corrected chi connectivity index (χ4v) is 1.41. The van der Waals surface area contributed by atoms with Crippen molar-refractivity contribution >= 4 is 17.6 Å². The third kappa shape index (κ3) is 5.45. The van der Waals surface area contributed by atoms with Gasteiger partial charge in [0.05, 0.1) is 13.1 Å². The van der Waals surface area contributed by atoms with E-state index in [-0.39, 0.29) is 0 Å². The van der Waals surface area contributed by atoms with Crippen LogP contribution in [0.1, 0.15) is 12.5 Å². The minimum Gasteiger partial charge on any atom is -0.357 e. The molecule has 0 amide bonds. The van der Waals surface area contributed by atoms with Crippen molar-refractivity contribution in [3.8, 4) is 0 Å². The third-order valence-electron chi connectivity index (χ3n) is 2.10. The summed E-state index contributed by atoms with van der Waals surface area (Å²) >= 11 is 5.70. The molecule has 0 atom stereocenters. The second-order valence-electron chi connectivity index (χ2n) is 3.75. The Morgan fingerprint density at radius 1 is 1.53 bits per heavy atom. The lowest BCUT2D eigenvalue weighted by Gasteiger charge is -2.09. The van der Waals surface area contributed by atoms with Crippen LogP contribution in [0.5, 0.6) is 0 Å². The normalized spacial score (nSPS) is 11.4. The Morgan fingerprint density at radius 2 is 2.29 bits per heavy atom. The van der Waals surface area contributed by atoms with E-state index in [1.165, 1.54) is 5.56 Å². The first-order valence-corrected chi connectivity index (χ1v) is 5.96. The predicted molar refractivity (Wildman–Crippen MR) is 73.2 cm³/mol. The fraction of sp³-hybridized carbons (Fsp3) is 0.417. The lowest BCUT2D eigenvalue weighted by Crippen LogP contribution is -2.37. The zero-order valence-electron chi connectivity index (χ0n) is 10.3. The van der Waals surface area contributed by atoms with Gasteiger partial charge in [-0.1, -0.05) is 18.2 Å². The minimum atomic E-state index is 0.516. The van der Waals surface area contributed by atoms with Gasteiger partial charge in [0.25, 0.3) is 0 Å². The molecule has 1 heterocycles. The fourth-order valence-electron chi connectivity index (χ4n) is 1.35. The first kappa shape index (κ1) is 13.6. The van der Waals surface area contributed by atoms with Gasteiger partial charge >= 0.3 is 0 Å². The number of hydrogen-bond donors (Lipinski definition) is 2. The molecule has 0 radical (unpaired) electrons. The summed E-state index contributed by atoms with van der Waals surface area (Å²) in [5.74, 6) is 0.748. The minimum absolute atomic E-state index is 0.516. The van der Waals surface area contributed by atoms with Gasteiger partial charge < -0.3 is 15.2 Å². The van der Waals surface area contributed by atoms with Gasteiger partial charge in [0.15, 0.2) is 5.96 Å². The molecule has 94 valence electrons. The summed E-state index contributed by atoms with van der Waals surface area (Å²) in [7, 11) is 1.99. The number of rotatable bonds is 5. The Kier molecular flexibility index (Phi) is 5.63. The van der Waals surface area contributed by atoms with E-state index in [9.17, 15) is 0 Å². The highest BCUT2D eigenvalue weighted by atomic mass is 35.5. The lowest BCUT2D eigenvalue weighted by atomic mass is 10.3. The van der Waals surface area contributed by atoms with Crippen LogP contribution in [0.2, 0.25) is 0 Å². The molecular formula is C12H19ClN4. The standard InChI is InChI=1S/C12H19ClN4/c1-4-14-12(15-7-10(2)13)16-8-11-5-6-17(3)9-11/h5-6,9H,2,4,7-8H2,1,3H3,(H2,14,15,16). The van der Waals surface area contributed by atoms with E-state index < -0.39 is 0 Å². The maximum atomic E-state index is 5.70. The number of aromatic nitrogens is 1. The number of guanidine groups is 1. The highest BCUT2D eigenvalue weighted by Gasteiger charge is 1.98. The molecular weight excluding hydrogens is 236 g/mol. The van der Waals surface area contributed by atoms with Crippen molar-refractivity contribution in [3.05, 3.63) is 35.6 Å². The van der Waals surface area contributed by atoms with Gasteiger partial charge in [-0.05, 0) is 18.6 Å². The summed E-state index contributed by atoms with van der Waals surface area (Å²) in [5, 5.41) is 6.81. The summed E-state index contributed by atoms with van der Waals surface area (Å²) in [6, 6.07) is 2.05. The summed E-state index contributed by atoms with van der Waals surface area (Å²) in [6.45, 7) is 7.62. The molecule has 5 heteroatoms. The van der Waals surface area contributed by atoms with E-state index in [0.29, 0.717) is 18.1 Å². The monoisotopic (exact) mass is 254 g/mol. The van der Waals surface area contributed by atoms with Crippen molar-refractivity contribution in [3.63, 3.8) is 0 Å². The summed E-state index contributed by atoms with van der Waals surface area (Å²) < 4.78 is 2.01. The van der Waals surface area contributed by atoms with E-state index in [0.717, 1.165) is 12.5 Å². The highest BCUT2D eigenvalue weighted by Crippen LogP contribution is 2.01. The SMILES string of the molecule is C=C(Cl)CNC(=NCc1ccn(C)c1)NCC. The van der Waals surface area contributed by atoms with E-state index in [2.05, 4.69) is 22.2 Å². The van der Waals surface area contributed by atoms with Crippen LogP contribution in [-0.2, 0) is 13.6 Å². The molecule has 0 saturated heterocycles. The van der Waals surface area contributed by atoms with E-state index >= 15 is 0 Å². The van der Waals surface area contributed by atoms with Gasteiger partial charge in [-0.15, -0.1) is 0 Å². The molecule has 0 bridgehead atoms. The molecule has 1 rings (SSSR count). The van der Waals surface area contributed by atoms with Gasteiger partial charge in [0, 0.05) is 31.0 Å². The smallest absolute Gasteiger partial charge is 0.191 e. The van der Waals surface area contributed by atoms with Crippen molar-refractivity contribution in [2.75, 3.05) is 13.1 Å². The van der Waals surface area contributed by atoms with Crippen LogP contribution in [0, 0.1) is 0 Å². The summed E-state index contributed by atoms with van der Waals surface area (Å²) in [4.78, 5) is 4.45. The van der Waals surface area contributed by atoms with Crippen LogP contribution < -0.4 is 10.6 Å². The Hall–Kier alpha value is -1.42. The molecule has 0 spiro atoms. The number of aryl methyl sites for hydroxylation is 1. The van der Waals surface area contributed by atoms with E-state index in [1.54, 1.807) is 0 Å². The topological polar surface area (TPSA) is 41.4 Å². The summed E-state index contributed by atoms with van der Waals surface area (Å²) in [6.07, 6.45) is 4.05. The van der Waals surface area contributed by atoms with E-state index in [1.807, 2.05) is 37.0 Å². The maximum Gasteiger partial charge on any atom is 0.191 e. The molecule has 1 aromatic heterocycles. The van der Waals surface area contributed by atoms with Crippen LogP contribution >= 0.6 is 11.6 Å². The molecule has 0 aliphatic rings. The molecule has 17 heavy (non-hydrogen) atoms. The van der Waals surface area contributed by atoms with Crippen LogP contribution in [0.3, 0.4) is 0 Å². The maximum absolute atomic E-state index is 5.70. The summed E-state index contributed by atoms with van der Waals surface area (Å²) in [5.41, 5.74) is 1.18. The average molecular weight is 255 g/mol. The molecule has 2 N–H and O–H groups in total. The molecule has 4 nitrogen and oxygen atoms in total. The average Bonchev–Trinajstić information content (AvgIpc) is 2.68. The molecule has 0 aromatic carbocycles. The van der Waals surface area contributed by atoms with Crippen molar-refractivity contribution < 1.29 is 0 Å². The van der Waals surface area contributed by atoms with Crippen LogP contribution in [0.15, 0.2) is 35.1 Å². The second kappa shape index (κ2) is 7.01. The highest BCUT2D eigenvalue weighted by molar-refractivity contribution is 6.29. The lowest BCUT2D eigenvalue weighted by molar-refractivity contribution is 0.854. The molecule has 1 aromatic rings. The Bertz CT molecular complexity index is 395.